The van der Waals surface area contributed by atoms with Gasteiger partial charge in [0.25, 0.3) is 5.91 Å². The summed E-state index contributed by atoms with van der Waals surface area (Å²) in [4.78, 5) is 13.9. The highest BCUT2D eigenvalue weighted by Gasteiger charge is 2.26. The molecule has 1 aromatic rings. The molecule has 0 aromatic heterocycles. The molecular weight excluding hydrogens is 290 g/mol. The van der Waals surface area contributed by atoms with Gasteiger partial charge >= 0.3 is 6.61 Å². The summed E-state index contributed by atoms with van der Waals surface area (Å²) in [5.74, 6) is -0.384. The summed E-state index contributed by atoms with van der Waals surface area (Å²) in [5.41, 5.74) is 0.164. The molecule has 0 radical (unpaired) electrons. The van der Waals surface area contributed by atoms with Gasteiger partial charge in [0, 0.05) is 19.6 Å². The molecule has 0 bridgehead atoms. The second-order valence-electron chi connectivity index (χ2n) is 4.44. The fourth-order valence-corrected chi connectivity index (χ4v) is 2.17. The number of rotatable bonds is 4. The van der Waals surface area contributed by atoms with Crippen LogP contribution in [0.25, 0.3) is 0 Å². The zero-order valence-electron chi connectivity index (χ0n) is 11.0. The summed E-state index contributed by atoms with van der Waals surface area (Å²) in [6.07, 6.45) is 0.861. The smallest absolute Gasteiger partial charge is 0.387 e. The molecule has 1 amide bonds. The predicted molar refractivity (Wildman–Crippen MR) is 73.7 cm³/mol. The molecule has 0 unspecified atom stereocenters. The Balaban J connectivity index is 0.00000200. The number of ether oxygens (including phenoxy) is 1. The van der Waals surface area contributed by atoms with Crippen molar-refractivity contribution in [3.05, 3.63) is 29.8 Å². The Labute approximate surface area is 122 Å². The molecule has 1 N–H and O–H groups in total. The molecule has 1 heterocycles. The van der Waals surface area contributed by atoms with E-state index in [0.717, 1.165) is 19.5 Å². The van der Waals surface area contributed by atoms with Crippen molar-refractivity contribution in [2.45, 2.75) is 19.1 Å². The highest BCUT2D eigenvalue weighted by Crippen LogP contribution is 2.23. The lowest BCUT2D eigenvalue weighted by molar-refractivity contribution is -0.0502. The van der Waals surface area contributed by atoms with E-state index in [1.165, 1.54) is 12.1 Å². The minimum atomic E-state index is -2.94. The standard InChI is InChI=1S/C13H16F2N2O2.ClH/c1-17(9-6-7-16-8-9)12(18)10-4-2-3-5-11(10)19-13(14)15;/h2-5,9,13,16H,6-8H2,1H3;1H/t9-;/m0./s1. The van der Waals surface area contributed by atoms with E-state index in [4.69, 9.17) is 0 Å². The summed E-state index contributed by atoms with van der Waals surface area (Å²) >= 11 is 0. The number of halogens is 3. The Bertz CT molecular complexity index is 454. The number of likely N-dealkylation sites (N-methyl/N-ethyl adjacent to an activating group) is 1. The van der Waals surface area contributed by atoms with Crippen molar-refractivity contribution in [1.29, 1.82) is 0 Å². The largest absolute Gasteiger partial charge is 0.434 e. The normalized spacial score (nSPS) is 17.7. The van der Waals surface area contributed by atoms with Crippen LogP contribution in [0.4, 0.5) is 8.78 Å². The SMILES string of the molecule is CN(C(=O)c1ccccc1OC(F)F)[C@H]1CCNC1.Cl. The summed E-state index contributed by atoms with van der Waals surface area (Å²) in [5, 5.41) is 3.16. The van der Waals surface area contributed by atoms with E-state index in [1.54, 1.807) is 24.1 Å². The van der Waals surface area contributed by atoms with Crippen LogP contribution in [0.3, 0.4) is 0 Å². The van der Waals surface area contributed by atoms with Gasteiger partial charge in [-0.05, 0) is 25.1 Å². The van der Waals surface area contributed by atoms with Gasteiger partial charge in [0.05, 0.1) is 5.56 Å². The number of carbonyl (C=O) groups is 1. The van der Waals surface area contributed by atoms with E-state index < -0.39 is 6.61 Å². The summed E-state index contributed by atoms with van der Waals surface area (Å²) in [6.45, 7) is -1.36. The Morgan fingerprint density at radius 3 is 2.75 bits per heavy atom. The van der Waals surface area contributed by atoms with E-state index in [2.05, 4.69) is 10.1 Å². The Morgan fingerprint density at radius 2 is 2.15 bits per heavy atom. The maximum absolute atomic E-state index is 12.3. The molecule has 1 aliphatic rings. The third-order valence-corrected chi connectivity index (χ3v) is 3.24. The number of hydrogen-bond donors (Lipinski definition) is 1. The Hall–Kier alpha value is -1.40. The lowest BCUT2D eigenvalue weighted by atomic mass is 10.1. The van der Waals surface area contributed by atoms with E-state index in [-0.39, 0.29) is 35.7 Å². The number of hydrogen-bond acceptors (Lipinski definition) is 3. The van der Waals surface area contributed by atoms with Crippen LogP contribution in [0.2, 0.25) is 0 Å². The number of nitrogens with zero attached hydrogens (tertiary/aromatic N) is 1. The van der Waals surface area contributed by atoms with Crippen LogP contribution in [0, 0.1) is 0 Å². The Kier molecular flexibility index (Phi) is 6.16. The summed E-state index contributed by atoms with van der Waals surface area (Å²) < 4.78 is 29.0. The molecule has 1 atom stereocenters. The summed E-state index contributed by atoms with van der Waals surface area (Å²) in [7, 11) is 1.68. The van der Waals surface area contributed by atoms with Crippen LogP contribution in [0.5, 0.6) is 5.75 Å². The lowest BCUT2D eigenvalue weighted by Crippen LogP contribution is -2.38. The maximum atomic E-state index is 12.3. The molecule has 0 spiro atoms. The quantitative estimate of drug-likeness (QED) is 0.927. The number of benzene rings is 1. The first-order chi connectivity index (χ1) is 9.09. The fraction of sp³-hybridized carbons (Fsp3) is 0.462. The van der Waals surface area contributed by atoms with Gasteiger partial charge in [-0.15, -0.1) is 12.4 Å². The molecule has 1 aliphatic heterocycles. The highest BCUT2D eigenvalue weighted by molar-refractivity contribution is 5.97. The van der Waals surface area contributed by atoms with Crippen molar-refractivity contribution in [2.75, 3.05) is 20.1 Å². The van der Waals surface area contributed by atoms with Gasteiger partial charge in [-0.1, -0.05) is 12.1 Å². The minimum absolute atomic E-state index is 0. The van der Waals surface area contributed by atoms with Crippen molar-refractivity contribution < 1.29 is 18.3 Å². The van der Waals surface area contributed by atoms with Gasteiger partial charge in [-0.3, -0.25) is 4.79 Å². The highest BCUT2D eigenvalue weighted by atomic mass is 35.5. The van der Waals surface area contributed by atoms with Crippen LogP contribution < -0.4 is 10.1 Å². The van der Waals surface area contributed by atoms with E-state index in [9.17, 15) is 13.6 Å². The molecule has 7 heteroatoms. The molecule has 20 heavy (non-hydrogen) atoms. The van der Waals surface area contributed by atoms with Crippen LogP contribution in [-0.4, -0.2) is 43.6 Å². The molecular formula is C13H17ClF2N2O2. The van der Waals surface area contributed by atoms with E-state index in [0.29, 0.717) is 0 Å². The molecule has 112 valence electrons. The van der Waals surface area contributed by atoms with Crippen molar-refractivity contribution in [3.63, 3.8) is 0 Å². The molecule has 1 saturated heterocycles. The first kappa shape index (κ1) is 16.7. The third kappa shape index (κ3) is 3.80. The van der Waals surface area contributed by atoms with Crippen LogP contribution in [0.15, 0.2) is 24.3 Å². The van der Waals surface area contributed by atoms with Gasteiger partial charge in [-0.2, -0.15) is 8.78 Å². The van der Waals surface area contributed by atoms with E-state index in [1.807, 2.05) is 0 Å². The molecule has 1 fully saturated rings. The van der Waals surface area contributed by atoms with Gasteiger partial charge in [-0.25, -0.2) is 0 Å². The second kappa shape index (κ2) is 7.40. The minimum Gasteiger partial charge on any atom is -0.434 e. The number of carbonyl (C=O) groups excluding carboxylic acids is 1. The first-order valence-electron chi connectivity index (χ1n) is 6.11. The van der Waals surface area contributed by atoms with E-state index >= 15 is 0 Å². The number of alkyl halides is 2. The predicted octanol–water partition coefficient (Wildman–Crippen LogP) is 2.14. The second-order valence-corrected chi connectivity index (χ2v) is 4.44. The molecule has 4 nitrogen and oxygen atoms in total. The summed E-state index contributed by atoms with van der Waals surface area (Å²) in [6, 6.07) is 6.16. The van der Waals surface area contributed by atoms with Gasteiger partial charge < -0.3 is 15.0 Å². The third-order valence-electron chi connectivity index (χ3n) is 3.24. The van der Waals surface area contributed by atoms with Crippen LogP contribution >= 0.6 is 12.4 Å². The maximum Gasteiger partial charge on any atom is 0.387 e. The van der Waals surface area contributed by atoms with Crippen molar-refractivity contribution in [1.82, 2.24) is 10.2 Å². The van der Waals surface area contributed by atoms with Crippen LogP contribution in [-0.2, 0) is 0 Å². The topological polar surface area (TPSA) is 41.6 Å². The first-order valence-corrected chi connectivity index (χ1v) is 6.11. The number of amides is 1. The zero-order valence-corrected chi connectivity index (χ0v) is 11.8. The van der Waals surface area contributed by atoms with Crippen LogP contribution in [0.1, 0.15) is 16.8 Å². The zero-order chi connectivity index (χ0) is 13.8. The number of para-hydroxylation sites is 1. The molecule has 1 aromatic carbocycles. The van der Waals surface area contributed by atoms with Crippen molar-refractivity contribution >= 4 is 18.3 Å². The average molecular weight is 307 g/mol. The Morgan fingerprint density at radius 1 is 1.45 bits per heavy atom. The molecule has 0 aliphatic carbocycles. The van der Waals surface area contributed by atoms with Gasteiger partial charge in [0.2, 0.25) is 0 Å². The van der Waals surface area contributed by atoms with Gasteiger partial charge in [0.1, 0.15) is 5.75 Å². The fourth-order valence-electron chi connectivity index (χ4n) is 2.17. The lowest BCUT2D eigenvalue weighted by Gasteiger charge is -2.24. The molecule has 2 rings (SSSR count). The van der Waals surface area contributed by atoms with Crippen molar-refractivity contribution in [3.8, 4) is 5.75 Å². The average Bonchev–Trinajstić information content (AvgIpc) is 2.91. The monoisotopic (exact) mass is 306 g/mol. The van der Waals surface area contributed by atoms with Crippen molar-refractivity contribution in [2.24, 2.45) is 0 Å². The number of nitrogens with one attached hydrogen (secondary N) is 1. The van der Waals surface area contributed by atoms with Gasteiger partial charge in [0.15, 0.2) is 0 Å². The molecule has 0 saturated carbocycles.